The molecule has 5 nitrogen and oxygen atoms in total. The van der Waals surface area contributed by atoms with E-state index < -0.39 is 15.8 Å². The predicted octanol–water partition coefficient (Wildman–Crippen LogP) is 1.43. The zero-order chi connectivity index (χ0) is 15.8. The quantitative estimate of drug-likeness (QED) is 0.857. The number of sulfonamides is 1. The van der Waals surface area contributed by atoms with Crippen LogP contribution in [0.2, 0.25) is 0 Å². The maximum absolute atomic E-state index is 13.5. The molecule has 1 aromatic rings. The summed E-state index contributed by atoms with van der Waals surface area (Å²) in [5, 5.41) is 0. The van der Waals surface area contributed by atoms with Gasteiger partial charge in [0.1, 0.15) is 5.82 Å². The van der Waals surface area contributed by atoms with Crippen LogP contribution in [0.15, 0.2) is 17.0 Å². The number of piperazine rings is 1. The third kappa shape index (κ3) is 3.20. The zero-order valence-corrected chi connectivity index (χ0v) is 13.5. The van der Waals surface area contributed by atoms with Crippen molar-refractivity contribution in [2.45, 2.75) is 31.7 Å². The molecule has 118 valence electrons. The molecule has 1 aromatic carbocycles. The lowest BCUT2D eigenvalue weighted by Crippen LogP contribution is -2.50. The lowest BCUT2D eigenvalue weighted by molar-refractivity contribution is 0.154. The van der Waals surface area contributed by atoms with Gasteiger partial charge in [0, 0.05) is 32.2 Å². The van der Waals surface area contributed by atoms with E-state index in [1.165, 1.54) is 23.4 Å². The highest BCUT2D eigenvalue weighted by molar-refractivity contribution is 7.89. The van der Waals surface area contributed by atoms with Gasteiger partial charge in [0.15, 0.2) is 0 Å². The average Bonchev–Trinajstić information content (AvgIpc) is 2.44. The van der Waals surface area contributed by atoms with Crippen LogP contribution in [0.4, 0.5) is 10.1 Å². The molecule has 0 unspecified atom stereocenters. The Morgan fingerprint density at radius 3 is 2.24 bits per heavy atom. The molecular formula is C14H22FN3O2S. The van der Waals surface area contributed by atoms with Crippen molar-refractivity contribution in [3.05, 3.63) is 23.5 Å². The highest BCUT2D eigenvalue weighted by atomic mass is 32.2. The van der Waals surface area contributed by atoms with E-state index in [-0.39, 0.29) is 16.1 Å². The van der Waals surface area contributed by atoms with Gasteiger partial charge in [-0.3, -0.25) is 4.90 Å². The molecule has 1 aliphatic rings. The molecule has 0 radical (unpaired) electrons. The lowest BCUT2D eigenvalue weighted by Gasteiger charge is -2.36. The van der Waals surface area contributed by atoms with Gasteiger partial charge in [-0.2, -0.15) is 4.31 Å². The smallest absolute Gasteiger partial charge is 0.243 e. The van der Waals surface area contributed by atoms with E-state index in [2.05, 4.69) is 18.7 Å². The summed E-state index contributed by atoms with van der Waals surface area (Å²) in [4.78, 5) is 2.30. The first-order valence-electron chi connectivity index (χ1n) is 7.03. The summed E-state index contributed by atoms with van der Waals surface area (Å²) in [6.45, 7) is 7.98. The fourth-order valence-corrected chi connectivity index (χ4v) is 4.06. The van der Waals surface area contributed by atoms with Crippen LogP contribution in [0, 0.1) is 12.7 Å². The van der Waals surface area contributed by atoms with Crippen LogP contribution in [0.3, 0.4) is 0 Å². The Morgan fingerprint density at radius 1 is 1.19 bits per heavy atom. The molecule has 1 fully saturated rings. The molecule has 21 heavy (non-hydrogen) atoms. The van der Waals surface area contributed by atoms with Gasteiger partial charge in [-0.1, -0.05) is 0 Å². The van der Waals surface area contributed by atoms with Gasteiger partial charge < -0.3 is 5.73 Å². The Kier molecular flexibility index (Phi) is 4.55. The van der Waals surface area contributed by atoms with Crippen LogP contribution in [0.5, 0.6) is 0 Å². The van der Waals surface area contributed by atoms with Gasteiger partial charge in [-0.15, -0.1) is 0 Å². The highest BCUT2D eigenvalue weighted by Crippen LogP contribution is 2.24. The van der Waals surface area contributed by atoms with Crippen LogP contribution in [0.25, 0.3) is 0 Å². The van der Waals surface area contributed by atoms with Gasteiger partial charge in [0.05, 0.1) is 10.6 Å². The summed E-state index contributed by atoms with van der Waals surface area (Å²) < 4.78 is 40.2. The van der Waals surface area contributed by atoms with Crippen LogP contribution in [0.1, 0.15) is 19.4 Å². The molecule has 0 aliphatic carbocycles. The van der Waals surface area contributed by atoms with Crippen LogP contribution in [-0.2, 0) is 10.0 Å². The molecule has 0 saturated carbocycles. The van der Waals surface area contributed by atoms with Gasteiger partial charge in [-0.05, 0) is 38.5 Å². The molecule has 1 saturated heterocycles. The number of anilines is 1. The van der Waals surface area contributed by atoms with Crippen molar-refractivity contribution in [3.8, 4) is 0 Å². The highest BCUT2D eigenvalue weighted by Gasteiger charge is 2.29. The van der Waals surface area contributed by atoms with Crippen molar-refractivity contribution in [3.63, 3.8) is 0 Å². The van der Waals surface area contributed by atoms with Gasteiger partial charge in [-0.25, -0.2) is 12.8 Å². The third-order valence-corrected chi connectivity index (χ3v) is 5.77. The van der Waals surface area contributed by atoms with E-state index in [4.69, 9.17) is 5.73 Å². The number of aryl methyl sites for hydroxylation is 1. The van der Waals surface area contributed by atoms with Gasteiger partial charge in [0.25, 0.3) is 0 Å². The Balaban J connectivity index is 2.24. The van der Waals surface area contributed by atoms with E-state index >= 15 is 0 Å². The Morgan fingerprint density at radius 2 is 1.76 bits per heavy atom. The molecule has 0 atom stereocenters. The van der Waals surface area contributed by atoms with Crippen LogP contribution in [-0.4, -0.2) is 49.8 Å². The molecule has 1 aliphatic heterocycles. The summed E-state index contributed by atoms with van der Waals surface area (Å²) in [6.07, 6.45) is 0. The van der Waals surface area contributed by atoms with Crippen molar-refractivity contribution in [1.82, 2.24) is 9.21 Å². The molecule has 0 amide bonds. The first kappa shape index (κ1) is 16.2. The summed E-state index contributed by atoms with van der Waals surface area (Å²) in [5.74, 6) is -0.557. The maximum Gasteiger partial charge on any atom is 0.243 e. The Bertz CT molecular complexity index is 600. The monoisotopic (exact) mass is 315 g/mol. The Hall–Kier alpha value is -1.18. The first-order chi connectivity index (χ1) is 9.73. The molecule has 1 heterocycles. The average molecular weight is 315 g/mol. The van der Waals surface area contributed by atoms with Crippen LogP contribution >= 0.6 is 0 Å². The van der Waals surface area contributed by atoms with E-state index in [1.807, 2.05) is 0 Å². The number of hydrogen-bond donors (Lipinski definition) is 1. The summed E-state index contributed by atoms with van der Waals surface area (Å²) in [6, 6.07) is 2.95. The molecule has 0 aromatic heterocycles. The van der Waals surface area contributed by atoms with Crippen molar-refractivity contribution in [2.24, 2.45) is 0 Å². The number of nitrogen functional groups attached to an aromatic ring is 1. The number of benzene rings is 1. The minimum Gasteiger partial charge on any atom is -0.396 e. The lowest BCUT2D eigenvalue weighted by atomic mass is 10.2. The molecular weight excluding hydrogens is 293 g/mol. The SMILES string of the molecule is Cc1cc(S(=O)(=O)N2CCN(C(C)C)CC2)cc(N)c1F. The number of hydrogen-bond acceptors (Lipinski definition) is 4. The first-order valence-corrected chi connectivity index (χ1v) is 8.47. The summed E-state index contributed by atoms with van der Waals surface area (Å²) in [5.41, 5.74) is 5.66. The van der Waals surface area contributed by atoms with Gasteiger partial charge >= 0.3 is 0 Å². The fourth-order valence-electron chi connectivity index (χ4n) is 2.52. The van der Waals surface area contributed by atoms with E-state index in [1.54, 1.807) is 0 Å². The summed E-state index contributed by atoms with van der Waals surface area (Å²) in [7, 11) is -3.61. The third-order valence-electron chi connectivity index (χ3n) is 3.90. The molecule has 2 rings (SSSR count). The maximum atomic E-state index is 13.5. The number of nitrogens with two attached hydrogens (primary N) is 1. The number of nitrogens with zero attached hydrogens (tertiary/aromatic N) is 2. The molecule has 0 spiro atoms. The Labute approximate surface area is 125 Å². The van der Waals surface area contributed by atoms with Crippen molar-refractivity contribution >= 4 is 15.7 Å². The predicted molar refractivity (Wildman–Crippen MR) is 81.0 cm³/mol. The second-order valence-electron chi connectivity index (χ2n) is 5.68. The normalized spacial score (nSPS) is 18.3. The minimum absolute atomic E-state index is 0.0666. The van der Waals surface area contributed by atoms with Crippen molar-refractivity contribution in [2.75, 3.05) is 31.9 Å². The molecule has 2 N–H and O–H groups in total. The minimum atomic E-state index is -3.61. The molecule has 0 bridgehead atoms. The standard InChI is InChI=1S/C14H22FN3O2S/c1-10(2)17-4-6-18(7-5-17)21(19,20)12-8-11(3)14(15)13(16)9-12/h8-10H,4-7,16H2,1-3H3. The summed E-state index contributed by atoms with van der Waals surface area (Å²) >= 11 is 0. The van der Waals surface area contributed by atoms with Crippen molar-refractivity contribution < 1.29 is 12.8 Å². The fraction of sp³-hybridized carbons (Fsp3) is 0.571. The second kappa shape index (κ2) is 5.90. The van der Waals surface area contributed by atoms with E-state index in [0.29, 0.717) is 32.2 Å². The van der Waals surface area contributed by atoms with E-state index in [0.717, 1.165) is 0 Å². The number of halogens is 1. The topological polar surface area (TPSA) is 66.6 Å². The molecule has 7 heteroatoms. The number of rotatable bonds is 3. The largest absolute Gasteiger partial charge is 0.396 e. The second-order valence-corrected chi connectivity index (χ2v) is 7.62. The van der Waals surface area contributed by atoms with E-state index in [9.17, 15) is 12.8 Å². The van der Waals surface area contributed by atoms with Crippen LogP contribution < -0.4 is 5.73 Å². The van der Waals surface area contributed by atoms with Crippen molar-refractivity contribution in [1.29, 1.82) is 0 Å². The van der Waals surface area contributed by atoms with Gasteiger partial charge in [0.2, 0.25) is 10.0 Å². The zero-order valence-electron chi connectivity index (χ0n) is 12.6.